The molecule has 288 valence electrons. The number of morpholine rings is 1. The summed E-state index contributed by atoms with van der Waals surface area (Å²) in [4.78, 5) is 39.5. The molecule has 4 aromatic rings. The van der Waals surface area contributed by atoms with Gasteiger partial charge in [0, 0.05) is 93.6 Å². The third-order valence-corrected chi connectivity index (χ3v) is 11.8. The van der Waals surface area contributed by atoms with Crippen molar-refractivity contribution < 1.29 is 22.7 Å². The summed E-state index contributed by atoms with van der Waals surface area (Å²) in [5.74, 6) is 1.24. The monoisotopic (exact) mass is 758 g/mol. The zero-order valence-electron chi connectivity index (χ0n) is 31.3. The molecule has 2 aromatic heterocycles. The number of carbonyl (C=O) groups is 2. The van der Waals surface area contributed by atoms with Gasteiger partial charge in [-0.2, -0.15) is 4.31 Å². The summed E-state index contributed by atoms with van der Waals surface area (Å²) in [6.07, 6.45) is 5.23. The minimum absolute atomic E-state index is 0.0416. The van der Waals surface area contributed by atoms with Crippen LogP contribution in [-0.4, -0.2) is 152 Å². The number of nitrogens with zero attached hydrogens (tertiary/aromatic N) is 8. The van der Waals surface area contributed by atoms with Gasteiger partial charge in [0.05, 0.1) is 26.0 Å². The summed E-state index contributed by atoms with van der Waals surface area (Å²) in [6.45, 7) is 7.24. The normalized spacial score (nSPS) is 18.0. The molecule has 0 bridgehead atoms. The summed E-state index contributed by atoms with van der Waals surface area (Å²) in [7, 11) is 0.983. The van der Waals surface area contributed by atoms with E-state index in [0.29, 0.717) is 69.1 Å². The van der Waals surface area contributed by atoms with Crippen LogP contribution in [0.2, 0.25) is 0 Å². The maximum Gasteiger partial charge on any atom is 0.253 e. The Morgan fingerprint density at radius 3 is 2.20 bits per heavy atom. The molecule has 0 saturated carbocycles. The van der Waals surface area contributed by atoms with Gasteiger partial charge in [0.2, 0.25) is 15.9 Å². The Kier molecular flexibility index (Phi) is 11.5. The lowest BCUT2D eigenvalue weighted by Crippen LogP contribution is -2.47. The van der Waals surface area contributed by atoms with Crippen molar-refractivity contribution in [2.75, 3.05) is 108 Å². The molecular weight excluding hydrogens is 709 g/mol. The third-order valence-electron chi connectivity index (χ3n) is 10.5. The highest BCUT2D eigenvalue weighted by Crippen LogP contribution is 2.27. The first-order chi connectivity index (χ1) is 26.0. The quantitative estimate of drug-likeness (QED) is 0.233. The van der Waals surface area contributed by atoms with Crippen LogP contribution >= 0.6 is 0 Å². The number of piperazine rings is 1. The fourth-order valence-electron chi connectivity index (χ4n) is 7.32. The van der Waals surface area contributed by atoms with E-state index in [9.17, 15) is 18.0 Å². The van der Waals surface area contributed by atoms with E-state index in [4.69, 9.17) is 14.8 Å². The van der Waals surface area contributed by atoms with E-state index >= 15 is 0 Å². The molecule has 2 amide bonds. The molecular formula is C38H50N10O5S. The van der Waals surface area contributed by atoms with Gasteiger partial charge in [-0.3, -0.25) is 14.5 Å². The zero-order chi connectivity index (χ0) is 37.8. The lowest BCUT2D eigenvalue weighted by atomic mass is 10.0. The smallest absolute Gasteiger partial charge is 0.253 e. The van der Waals surface area contributed by atoms with E-state index in [0.717, 1.165) is 67.2 Å². The van der Waals surface area contributed by atoms with Crippen molar-refractivity contribution in [2.45, 2.75) is 25.4 Å². The van der Waals surface area contributed by atoms with E-state index in [1.807, 2.05) is 64.1 Å². The van der Waals surface area contributed by atoms with Crippen LogP contribution in [0.1, 0.15) is 28.8 Å². The van der Waals surface area contributed by atoms with Crippen LogP contribution in [0.25, 0.3) is 16.9 Å². The molecule has 7 rings (SSSR count). The number of sulfonamides is 1. The Morgan fingerprint density at radius 1 is 0.889 bits per heavy atom. The van der Waals surface area contributed by atoms with Gasteiger partial charge in [-0.05, 0) is 87.1 Å². The lowest BCUT2D eigenvalue weighted by molar-refractivity contribution is -0.114. The van der Waals surface area contributed by atoms with Gasteiger partial charge < -0.3 is 30.1 Å². The standard InChI is InChI=1S/C38H50N10O5S/c1-43(2)33-12-14-46(15-13-33)38(50)30-6-8-31(9-7-30)39-25-35(49)40-32-10-4-29(5-11-32)36-41-37(45-20-22-53-23-21-45)34-24-28(27-48(34)42-36)26-44-16-18-47(19-17-44)54(3,51)52/h4-11,24,27,33,39H,12-23,25-26H2,1-3H3,(H,40,49). The van der Waals surface area contributed by atoms with Gasteiger partial charge in [-0.25, -0.2) is 17.9 Å². The molecule has 54 heavy (non-hydrogen) atoms. The number of likely N-dealkylation sites (tertiary alicyclic amines) is 1. The number of hydrogen-bond acceptors (Lipinski definition) is 11. The van der Waals surface area contributed by atoms with Crippen molar-refractivity contribution >= 4 is 44.5 Å². The van der Waals surface area contributed by atoms with E-state index in [1.54, 1.807) is 0 Å². The highest BCUT2D eigenvalue weighted by Gasteiger charge is 2.26. The molecule has 16 heteroatoms. The number of hydrogen-bond donors (Lipinski definition) is 2. The highest BCUT2D eigenvalue weighted by atomic mass is 32.2. The summed E-state index contributed by atoms with van der Waals surface area (Å²) in [5.41, 5.74) is 4.85. The Balaban J connectivity index is 0.968. The summed E-state index contributed by atoms with van der Waals surface area (Å²) < 4.78 is 33.0. The Hall–Kier alpha value is -4.61. The zero-order valence-corrected chi connectivity index (χ0v) is 32.1. The first kappa shape index (κ1) is 37.7. The number of carbonyl (C=O) groups excluding carboxylic acids is 2. The Labute approximate surface area is 316 Å². The van der Waals surface area contributed by atoms with Gasteiger partial charge in [-0.1, -0.05) is 0 Å². The molecule has 0 unspecified atom stereocenters. The molecule has 2 aromatic carbocycles. The van der Waals surface area contributed by atoms with Crippen molar-refractivity contribution in [1.29, 1.82) is 0 Å². The second kappa shape index (κ2) is 16.4. The van der Waals surface area contributed by atoms with E-state index in [1.165, 1.54) is 10.6 Å². The van der Waals surface area contributed by atoms with Gasteiger partial charge >= 0.3 is 0 Å². The predicted octanol–water partition coefficient (Wildman–Crippen LogP) is 2.53. The number of amides is 2. The van der Waals surface area contributed by atoms with E-state index in [2.05, 4.69) is 45.5 Å². The molecule has 3 fully saturated rings. The average molecular weight is 759 g/mol. The molecule has 3 saturated heterocycles. The topological polar surface area (TPSA) is 148 Å². The largest absolute Gasteiger partial charge is 0.378 e. The molecule has 5 heterocycles. The lowest BCUT2D eigenvalue weighted by Gasteiger charge is -2.35. The number of benzene rings is 2. The molecule has 0 atom stereocenters. The number of ether oxygens (including phenoxy) is 1. The summed E-state index contributed by atoms with van der Waals surface area (Å²) in [6, 6.07) is 17.4. The van der Waals surface area contributed by atoms with E-state index in [-0.39, 0.29) is 18.4 Å². The number of fused-ring (bicyclic) bond motifs is 1. The van der Waals surface area contributed by atoms with Crippen LogP contribution in [-0.2, 0) is 26.1 Å². The first-order valence-corrected chi connectivity index (χ1v) is 20.4. The van der Waals surface area contributed by atoms with Crippen LogP contribution in [0.4, 0.5) is 17.2 Å². The van der Waals surface area contributed by atoms with Gasteiger partial charge in [0.1, 0.15) is 5.52 Å². The van der Waals surface area contributed by atoms with Crippen LogP contribution in [0.5, 0.6) is 0 Å². The van der Waals surface area contributed by atoms with Crippen molar-refractivity contribution in [3.63, 3.8) is 0 Å². The van der Waals surface area contributed by atoms with Gasteiger partial charge in [-0.15, -0.1) is 5.10 Å². The summed E-state index contributed by atoms with van der Waals surface area (Å²) >= 11 is 0. The Bertz CT molecular complexity index is 2030. The minimum Gasteiger partial charge on any atom is -0.378 e. The minimum atomic E-state index is -3.19. The molecule has 0 spiro atoms. The highest BCUT2D eigenvalue weighted by molar-refractivity contribution is 7.88. The Morgan fingerprint density at radius 2 is 1.56 bits per heavy atom. The number of anilines is 3. The fraction of sp³-hybridized carbons (Fsp3) is 0.474. The number of rotatable bonds is 11. The van der Waals surface area contributed by atoms with Crippen molar-refractivity contribution in [3.05, 3.63) is 71.9 Å². The first-order valence-electron chi connectivity index (χ1n) is 18.6. The van der Waals surface area contributed by atoms with Crippen molar-refractivity contribution in [1.82, 2.24) is 33.6 Å². The van der Waals surface area contributed by atoms with Crippen LogP contribution < -0.4 is 15.5 Å². The molecule has 3 aliphatic heterocycles. The number of nitrogens with one attached hydrogen (secondary N) is 2. The third kappa shape index (κ3) is 9.01. The molecule has 3 aliphatic rings. The van der Waals surface area contributed by atoms with Crippen LogP contribution in [0.15, 0.2) is 60.8 Å². The molecule has 0 aliphatic carbocycles. The maximum atomic E-state index is 13.0. The van der Waals surface area contributed by atoms with Gasteiger partial charge in [0.15, 0.2) is 11.6 Å². The van der Waals surface area contributed by atoms with Crippen LogP contribution in [0.3, 0.4) is 0 Å². The molecule has 2 N–H and O–H groups in total. The SMILES string of the molecule is CN(C)C1CCN(C(=O)c2ccc(NCC(=O)Nc3ccc(-c4nc(N5CCOCC5)c5cc(CN6CCN(S(C)(=O)=O)CC6)cn5n4)cc3)cc2)CC1. The summed E-state index contributed by atoms with van der Waals surface area (Å²) in [5, 5.41) is 11.0. The molecule has 0 radical (unpaired) electrons. The second-order valence-corrected chi connectivity index (χ2v) is 16.5. The molecule has 15 nitrogen and oxygen atoms in total. The van der Waals surface area contributed by atoms with Crippen molar-refractivity contribution in [2.24, 2.45) is 0 Å². The predicted molar refractivity (Wildman–Crippen MR) is 209 cm³/mol. The van der Waals surface area contributed by atoms with Gasteiger partial charge in [0.25, 0.3) is 5.91 Å². The number of aromatic nitrogens is 3. The second-order valence-electron chi connectivity index (χ2n) is 14.5. The average Bonchev–Trinajstić information content (AvgIpc) is 3.59. The number of piperidine rings is 1. The van der Waals surface area contributed by atoms with E-state index < -0.39 is 10.0 Å². The van der Waals surface area contributed by atoms with Crippen LogP contribution in [0, 0.1) is 0 Å². The van der Waals surface area contributed by atoms with Crippen molar-refractivity contribution in [3.8, 4) is 11.4 Å². The fourth-order valence-corrected chi connectivity index (χ4v) is 8.15. The maximum absolute atomic E-state index is 13.0.